The largest absolute Gasteiger partial charge is 0.510 e. The molecule has 4 aromatic rings. The van der Waals surface area contributed by atoms with E-state index in [9.17, 15) is 33.4 Å². The van der Waals surface area contributed by atoms with E-state index in [0.717, 1.165) is 0 Å². The molecular weight excluding hydrogens is 750 g/mol. The molecule has 4 rings (SSSR count). The van der Waals surface area contributed by atoms with Gasteiger partial charge in [-0.05, 0) is 75.9 Å². The number of aryl methyl sites for hydroxylation is 1. The average Bonchev–Trinajstić information content (AvgIpc) is 3.14. The topological polar surface area (TPSA) is 257 Å². The molecule has 0 radical (unpaired) electrons. The maximum Gasteiger partial charge on any atom is 0.510 e. The van der Waals surface area contributed by atoms with E-state index in [-0.39, 0.29) is 54.8 Å². The van der Waals surface area contributed by atoms with Gasteiger partial charge < -0.3 is 33.4 Å². The highest BCUT2D eigenvalue weighted by Crippen LogP contribution is 2.46. The third kappa shape index (κ3) is 11.0. The fourth-order valence-electron chi connectivity index (χ4n) is 4.92. The summed E-state index contributed by atoms with van der Waals surface area (Å²) in [5.74, 6) is -0.564. The number of anilines is 1. The van der Waals surface area contributed by atoms with Crippen molar-refractivity contribution >= 4 is 22.0 Å². The van der Waals surface area contributed by atoms with E-state index in [1.807, 2.05) is 0 Å². The van der Waals surface area contributed by atoms with Crippen molar-refractivity contribution in [2.24, 2.45) is 0 Å². The van der Waals surface area contributed by atoms with E-state index in [2.05, 4.69) is 29.6 Å². The minimum absolute atomic E-state index is 0.0138. The van der Waals surface area contributed by atoms with E-state index in [1.165, 1.54) is 58.8 Å². The second-order valence-electron chi connectivity index (χ2n) is 11.8. The molecule has 3 heterocycles. The third-order valence-corrected chi connectivity index (χ3v) is 9.24. The number of pyridine rings is 2. The number of unbranched alkanes of at least 4 members (excludes halogenated alkanes) is 1. The Morgan fingerprint density at radius 3 is 2.27 bits per heavy atom. The molecule has 294 valence electrons. The lowest BCUT2D eigenvalue weighted by Crippen LogP contribution is -2.51. The number of benzene rings is 1. The SMILES string of the molecule is COc1ccccc1Oc1c(OC)nc(-c2ccncc2)nc1N(C(C)(C)OC(=O)OCCCCC(CO[N+](=O)[O-])O[N+](=O)[O-])S(=O)(=O)c1ccc(C)cn1. The molecule has 0 saturated heterocycles. The van der Waals surface area contributed by atoms with Gasteiger partial charge in [-0.1, -0.05) is 18.2 Å². The van der Waals surface area contributed by atoms with Crippen LogP contribution in [0.2, 0.25) is 0 Å². The zero-order chi connectivity index (χ0) is 40.2. The quantitative estimate of drug-likeness (QED) is 0.0371. The molecule has 0 saturated carbocycles. The molecule has 3 aromatic heterocycles. The highest BCUT2D eigenvalue weighted by Gasteiger charge is 2.45. The lowest BCUT2D eigenvalue weighted by Gasteiger charge is -2.37. The molecule has 0 fully saturated rings. The molecule has 0 aliphatic heterocycles. The minimum Gasteiger partial charge on any atom is -0.493 e. The average molecular weight is 788 g/mol. The van der Waals surface area contributed by atoms with Crippen LogP contribution >= 0.6 is 0 Å². The lowest BCUT2D eigenvalue weighted by molar-refractivity contribution is -0.790. The molecule has 0 amide bonds. The fraction of sp³-hybridized carbons (Fsp3) is 0.364. The number of rotatable bonds is 20. The van der Waals surface area contributed by atoms with Crippen LogP contribution in [0.5, 0.6) is 23.1 Å². The lowest BCUT2D eigenvalue weighted by atomic mass is 10.2. The zero-order valence-electron chi connectivity index (χ0n) is 30.2. The van der Waals surface area contributed by atoms with Crippen LogP contribution in [0.4, 0.5) is 10.6 Å². The maximum absolute atomic E-state index is 14.7. The monoisotopic (exact) mass is 787 g/mol. The normalized spacial score (nSPS) is 11.8. The summed E-state index contributed by atoms with van der Waals surface area (Å²) in [7, 11) is -2.10. The summed E-state index contributed by atoms with van der Waals surface area (Å²) in [6, 6.07) is 12.5. The van der Waals surface area contributed by atoms with Gasteiger partial charge in [0.25, 0.3) is 26.1 Å². The predicted octanol–water partition coefficient (Wildman–Crippen LogP) is 5.09. The fourth-order valence-corrected chi connectivity index (χ4v) is 6.50. The van der Waals surface area contributed by atoms with Crippen molar-refractivity contribution in [2.45, 2.75) is 56.9 Å². The molecule has 1 aromatic carbocycles. The Bertz CT molecular complexity index is 2060. The van der Waals surface area contributed by atoms with E-state index in [0.29, 0.717) is 15.4 Å². The Morgan fingerprint density at radius 2 is 1.65 bits per heavy atom. The van der Waals surface area contributed by atoms with Crippen molar-refractivity contribution in [3.05, 3.63) is 92.9 Å². The maximum atomic E-state index is 14.7. The summed E-state index contributed by atoms with van der Waals surface area (Å²) in [6.45, 7) is 3.27. The van der Waals surface area contributed by atoms with Gasteiger partial charge in [-0.15, -0.1) is 20.2 Å². The highest BCUT2D eigenvalue weighted by molar-refractivity contribution is 7.92. The summed E-state index contributed by atoms with van der Waals surface area (Å²) in [5.41, 5.74) is -1.08. The van der Waals surface area contributed by atoms with Crippen molar-refractivity contribution in [2.75, 3.05) is 31.7 Å². The molecular formula is C33H37N7O14S. The summed E-state index contributed by atoms with van der Waals surface area (Å²) in [4.78, 5) is 60.3. The number of sulfonamides is 1. The third-order valence-electron chi connectivity index (χ3n) is 7.37. The second-order valence-corrected chi connectivity index (χ2v) is 13.5. The first-order valence-corrected chi connectivity index (χ1v) is 17.7. The first-order valence-electron chi connectivity index (χ1n) is 16.3. The molecule has 0 aliphatic carbocycles. The Labute approximate surface area is 314 Å². The van der Waals surface area contributed by atoms with E-state index in [1.54, 1.807) is 43.3 Å². The summed E-state index contributed by atoms with van der Waals surface area (Å²) in [5, 5.41) is 18.6. The molecule has 1 unspecified atom stereocenters. The number of nitrogens with zero attached hydrogens (tertiary/aromatic N) is 7. The highest BCUT2D eigenvalue weighted by atomic mass is 32.2. The van der Waals surface area contributed by atoms with Gasteiger partial charge in [-0.25, -0.2) is 19.1 Å². The Balaban J connectivity index is 1.75. The zero-order valence-corrected chi connectivity index (χ0v) is 31.0. The second kappa shape index (κ2) is 18.4. The molecule has 0 bridgehead atoms. The molecule has 0 aliphatic rings. The smallest absolute Gasteiger partial charge is 0.493 e. The summed E-state index contributed by atoms with van der Waals surface area (Å²) >= 11 is 0. The van der Waals surface area contributed by atoms with Gasteiger partial charge in [0.2, 0.25) is 5.75 Å². The predicted molar refractivity (Wildman–Crippen MR) is 189 cm³/mol. The molecule has 1 atom stereocenters. The van der Waals surface area contributed by atoms with Crippen LogP contribution in [0.1, 0.15) is 38.7 Å². The Hall–Kier alpha value is -6.58. The molecule has 21 nitrogen and oxygen atoms in total. The van der Waals surface area contributed by atoms with Crippen LogP contribution in [0, 0.1) is 27.2 Å². The first-order chi connectivity index (χ1) is 26.2. The number of aromatic nitrogens is 4. The standard InChI is InChI=1S/C33H37N7O14S/c1-22-13-14-27(35-20-22)55(46,47)38(33(2,3)53-32(41)50-19-9-8-10-24(54-40(44)45)21-51-39(42)43)30-28(52-26-12-7-6-11-25(26)48-4)31(49-5)37-29(36-30)23-15-17-34-18-16-23/h6-7,11-18,20,24H,8-10,19,21H2,1-5H3. The van der Waals surface area contributed by atoms with E-state index >= 15 is 0 Å². The molecule has 55 heavy (non-hydrogen) atoms. The van der Waals surface area contributed by atoms with Crippen LogP contribution < -0.4 is 18.5 Å². The van der Waals surface area contributed by atoms with Crippen LogP contribution in [-0.4, -0.2) is 83.9 Å². The number of ether oxygens (including phenoxy) is 5. The number of carbonyl (C=O) groups is 1. The molecule has 0 N–H and O–H groups in total. The van der Waals surface area contributed by atoms with E-state index in [4.69, 9.17) is 23.7 Å². The van der Waals surface area contributed by atoms with Gasteiger partial charge in [-0.3, -0.25) is 4.98 Å². The minimum atomic E-state index is -4.80. The van der Waals surface area contributed by atoms with Crippen LogP contribution in [0.3, 0.4) is 0 Å². The Kier molecular flexibility index (Phi) is 13.8. The van der Waals surface area contributed by atoms with Gasteiger partial charge in [0.15, 0.2) is 33.9 Å². The van der Waals surface area contributed by atoms with Gasteiger partial charge in [0.05, 0.1) is 20.8 Å². The van der Waals surface area contributed by atoms with Crippen LogP contribution in [0.15, 0.2) is 72.1 Å². The van der Waals surface area contributed by atoms with Crippen molar-refractivity contribution in [1.82, 2.24) is 19.9 Å². The van der Waals surface area contributed by atoms with Crippen molar-refractivity contribution in [1.29, 1.82) is 0 Å². The molecule has 0 spiro atoms. The van der Waals surface area contributed by atoms with Crippen LogP contribution in [0.25, 0.3) is 11.4 Å². The van der Waals surface area contributed by atoms with Gasteiger partial charge in [0, 0.05) is 24.2 Å². The Morgan fingerprint density at radius 1 is 0.945 bits per heavy atom. The summed E-state index contributed by atoms with van der Waals surface area (Å²) in [6.07, 6.45) is 1.94. The van der Waals surface area contributed by atoms with Gasteiger partial charge >= 0.3 is 6.16 Å². The van der Waals surface area contributed by atoms with Crippen molar-refractivity contribution < 1.29 is 56.7 Å². The van der Waals surface area contributed by atoms with Gasteiger partial charge in [0.1, 0.15) is 12.7 Å². The molecule has 22 heteroatoms. The number of hydrogen-bond acceptors (Lipinski definition) is 18. The van der Waals surface area contributed by atoms with Crippen molar-refractivity contribution in [3.63, 3.8) is 0 Å². The van der Waals surface area contributed by atoms with Gasteiger partial charge in [-0.2, -0.15) is 13.4 Å². The van der Waals surface area contributed by atoms with Crippen molar-refractivity contribution in [3.8, 4) is 34.5 Å². The number of methoxy groups -OCH3 is 2. The summed E-state index contributed by atoms with van der Waals surface area (Å²) < 4.78 is 58.3. The van der Waals surface area contributed by atoms with Crippen LogP contribution in [-0.2, 0) is 29.2 Å². The first kappa shape index (κ1) is 41.2. The number of carbonyl (C=O) groups excluding carboxylic acids is 1. The van der Waals surface area contributed by atoms with E-state index < -0.39 is 55.6 Å². The number of para-hydroxylation sites is 2. The number of hydrogen-bond donors (Lipinski definition) is 0.